The molecule has 0 N–H and O–H groups in total. The Morgan fingerprint density at radius 3 is 1.81 bits per heavy atom. The minimum Gasteiger partial charge on any atom is -0.308 e. The van der Waals surface area contributed by atoms with Crippen LogP contribution in [0.2, 0.25) is 0 Å². The molecule has 0 aliphatic rings. The molecular weight excluding hydrogens is 448 g/mol. The molecule has 0 radical (unpaired) electrons. The Hall–Kier alpha value is -4.43. The van der Waals surface area contributed by atoms with E-state index in [1.165, 1.54) is 38.1 Å². The monoisotopic (exact) mass is 476 g/mol. The van der Waals surface area contributed by atoms with Crippen molar-refractivity contribution in [3.8, 4) is 16.9 Å². The molecule has 2 heteroatoms. The van der Waals surface area contributed by atoms with Gasteiger partial charge in [-0.15, -0.1) is 0 Å². The van der Waals surface area contributed by atoms with Crippen LogP contribution in [0.15, 0.2) is 115 Å². The zero-order chi connectivity index (χ0) is 25.1. The molecule has 0 amide bonds. The van der Waals surface area contributed by atoms with Crippen LogP contribution in [0.3, 0.4) is 0 Å². The minimum atomic E-state index is 0.0160. The number of para-hydroxylation sites is 3. The lowest BCUT2D eigenvalue weighted by Gasteiger charge is -2.23. The normalized spacial score (nSPS) is 12.2. The van der Waals surface area contributed by atoms with Crippen LogP contribution in [-0.4, -0.2) is 9.55 Å². The Bertz CT molecular complexity index is 1910. The summed E-state index contributed by atoms with van der Waals surface area (Å²) in [4.78, 5) is 5.19. The standard InChI is InChI=1S/C35H28N2/c1-35(2,3)29-21-24(20-23-12-4-5-13-25(23)29)31-22-34(28-16-6-9-17-30(28)36-31)37-32-18-10-7-14-26(32)27-15-8-11-19-33(27)37/h4-22H,1-3H3. The molecule has 2 heterocycles. The fraction of sp³-hybridized carbons (Fsp3) is 0.114. The molecule has 7 rings (SSSR count). The molecule has 0 spiro atoms. The van der Waals surface area contributed by atoms with E-state index in [0.717, 1.165) is 27.8 Å². The molecule has 0 bridgehead atoms. The third-order valence-electron chi connectivity index (χ3n) is 7.48. The van der Waals surface area contributed by atoms with Gasteiger partial charge in [0.25, 0.3) is 0 Å². The van der Waals surface area contributed by atoms with Crippen LogP contribution in [0.25, 0.3) is 60.4 Å². The molecule has 0 saturated carbocycles. The number of aromatic nitrogens is 2. The average molecular weight is 477 g/mol. The Morgan fingerprint density at radius 1 is 0.568 bits per heavy atom. The van der Waals surface area contributed by atoms with Gasteiger partial charge < -0.3 is 4.57 Å². The van der Waals surface area contributed by atoms with E-state index in [9.17, 15) is 0 Å². The van der Waals surface area contributed by atoms with Crippen LogP contribution in [-0.2, 0) is 5.41 Å². The zero-order valence-corrected chi connectivity index (χ0v) is 21.4. The Balaban J connectivity index is 1.59. The molecule has 7 aromatic rings. The summed E-state index contributed by atoms with van der Waals surface area (Å²) in [5, 5.41) is 6.23. The van der Waals surface area contributed by atoms with Gasteiger partial charge in [0.1, 0.15) is 0 Å². The number of pyridine rings is 1. The number of rotatable bonds is 2. The van der Waals surface area contributed by atoms with Crippen LogP contribution in [0.1, 0.15) is 26.3 Å². The van der Waals surface area contributed by atoms with Gasteiger partial charge in [-0.25, -0.2) is 4.98 Å². The number of nitrogens with zero attached hydrogens (tertiary/aromatic N) is 2. The van der Waals surface area contributed by atoms with Crippen molar-refractivity contribution < 1.29 is 0 Å². The maximum atomic E-state index is 5.19. The largest absolute Gasteiger partial charge is 0.308 e. The average Bonchev–Trinajstić information content (AvgIpc) is 3.25. The number of hydrogen-bond donors (Lipinski definition) is 0. The van der Waals surface area contributed by atoms with Crippen LogP contribution >= 0.6 is 0 Å². The molecular formula is C35H28N2. The molecule has 178 valence electrons. The Morgan fingerprint density at radius 2 is 1.14 bits per heavy atom. The van der Waals surface area contributed by atoms with Crippen molar-refractivity contribution in [2.45, 2.75) is 26.2 Å². The SMILES string of the molecule is CC(C)(C)c1cc(-c2cc(-n3c4ccccc4c4ccccc43)c3ccccc3n2)cc2ccccc12. The van der Waals surface area contributed by atoms with Crippen molar-refractivity contribution in [1.82, 2.24) is 9.55 Å². The first-order valence-corrected chi connectivity index (χ1v) is 12.9. The molecule has 0 saturated heterocycles. The number of benzene rings is 5. The summed E-state index contributed by atoms with van der Waals surface area (Å²) in [7, 11) is 0. The predicted molar refractivity (Wildman–Crippen MR) is 158 cm³/mol. The Kier molecular flexibility index (Phi) is 4.74. The molecule has 37 heavy (non-hydrogen) atoms. The second kappa shape index (κ2) is 8.04. The van der Waals surface area contributed by atoms with E-state index < -0.39 is 0 Å². The summed E-state index contributed by atoms with van der Waals surface area (Å²) < 4.78 is 2.41. The van der Waals surface area contributed by atoms with E-state index in [-0.39, 0.29) is 5.41 Å². The van der Waals surface area contributed by atoms with Gasteiger partial charge >= 0.3 is 0 Å². The van der Waals surface area contributed by atoms with Gasteiger partial charge in [-0.2, -0.15) is 0 Å². The molecule has 5 aromatic carbocycles. The molecule has 2 aromatic heterocycles. The number of hydrogen-bond acceptors (Lipinski definition) is 1. The summed E-state index contributed by atoms with van der Waals surface area (Å²) in [6, 6.07) is 41.5. The van der Waals surface area contributed by atoms with Gasteiger partial charge in [-0.1, -0.05) is 99.6 Å². The van der Waals surface area contributed by atoms with Crippen molar-refractivity contribution >= 4 is 43.5 Å². The number of fused-ring (bicyclic) bond motifs is 5. The molecule has 2 nitrogen and oxygen atoms in total. The first kappa shape index (κ1) is 21.8. The van der Waals surface area contributed by atoms with E-state index in [4.69, 9.17) is 4.98 Å². The molecule has 0 aliphatic heterocycles. The zero-order valence-electron chi connectivity index (χ0n) is 21.4. The first-order valence-electron chi connectivity index (χ1n) is 12.9. The highest BCUT2D eigenvalue weighted by Gasteiger charge is 2.20. The fourth-order valence-electron chi connectivity index (χ4n) is 5.75. The van der Waals surface area contributed by atoms with Gasteiger partial charge in [0, 0.05) is 21.7 Å². The molecule has 0 atom stereocenters. The summed E-state index contributed by atoms with van der Waals surface area (Å²) >= 11 is 0. The van der Waals surface area contributed by atoms with Gasteiger partial charge in [0.15, 0.2) is 0 Å². The van der Waals surface area contributed by atoms with Crippen molar-refractivity contribution in [3.05, 3.63) is 121 Å². The second-order valence-electron chi connectivity index (χ2n) is 10.9. The van der Waals surface area contributed by atoms with Crippen LogP contribution in [0.4, 0.5) is 0 Å². The summed E-state index contributed by atoms with van der Waals surface area (Å²) in [6.07, 6.45) is 0. The van der Waals surface area contributed by atoms with E-state index >= 15 is 0 Å². The lowest BCUT2D eigenvalue weighted by molar-refractivity contribution is 0.596. The molecule has 0 unspecified atom stereocenters. The van der Waals surface area contributed by atoms with Gasteiger partial charge in [0.05, 0.1) is 27.9 Å². The smallest absolute Gasteiger partial charge is 0.0730 e. The summed E-state index contributed by atoms with van der Waals surface area (Å²) in [5.41, 5.74) is 8.07. The van der Waals surface area contributed by atoms with Crippen LogP contribution in [0, 0.1) is 0 Å². The third-order valence-corrected chi connectivity index (χ3v) is 7.48. The van der Waals surface area contributed by atoms with Gasteiger partial charge in [-0.05, 0) is 58.1 Å². The molecule has 0 fully saturated rings. The van der Waals surface area contributed by atoms with Crippen molar-refractivity contribution in [1.29, 1.82) is 0 Å². The lowest BCUT2D eigenvalue weighted by atomic mass is 9.82. The maximum absolute atomic E-state index is 5.19. The predicted octanol–water partition coefficient (Wildman–Crippen LogP) is 9.45. The van der Waals surface area contributed by atoms with E-state index in [1.807, 2.05) is 0 Å². The van der Waals surface area contributed by atoms with Crippen LogP contribution in [0.5, 0.6) is 0 Å². The molecule has 0 aliphatic carbocycles. The van der Waals surface area contributed by atoms with Gasteiger partial charge in [0.2, 0.25) is 0 Å². The van der Waals surface area contributed by atoms with Crippen LogP contribution < -0.4 is 0 Å². The van der Waals surface area contributed by atoms with E-state index in [1.54, 1.807) is 0 Å². The topological polar surface area (TPSA) is 17.8 Å². The van der Waals surface area contributed by atoms with Crippen molar-refractivity contribution in [3.63, 3.8) is 0 Å². The third kappa shape index (κ3) is 3.44. The highest BCUT2D eigenvalue weighted by molar-refractivity contribution is 6.10. The summed E-state index contributed by atoms with van der Waals surface area (Å²) in [6.45, 7) is 6.86. The Labute approximate surface area is 216 Å². The minimum absolute atomic E-state index is 0.0160. The maximum Gasteiger partial charge on any atom is 0.0730 e. The quantitative estimate of drug-likeness (QED) is 0.243. The van der Waals surface area contributed by atoms with Crippen molar-refractivity contribution in [2.24, 2.45) is 0 Å². The highest BCUT2D eigenvalue weighted by Crippen LogP contribution is 2.38. The second-order valence-corrected chi connectivity index (χ2v) is 10.9. The lowest BCUT2D eigenvalue weighted by Crippen LogP contribution is -2.12. The van der Waals surface area contributed by atoms with Gasteiger partial charge in [-0.3, -0.25) is 0 Å². The van der Waals surface area contributed by atoms with E-state index in [0.29, 0.717) is 0 Å². The first-order chi connectivity index (χ1) is 18.0. The fourth-order valence-corrected chi connectivity index (χ4v) is 5.75. The highest BCUT2D eigenvalue weighted by atomic mass is 15.0. The summed E-state index contributed by atoms with van der Waals surface area (Å²) in [5.74, 6) is 0. The van der Waals surface area contributed by atoms with E-state index in [2.05, 4.69) is 141 Å². The van der Waals surface area contributed by atoms with Crippen molar-refractivity contribution in [2.75, 3.05) is 0 Å².